The third-order valence-electron chi connectivity index (χ3n) is 5.11. The van der Waals surface area contributed by atoms with E-state index in [1.54, 1.807) is 13.8 Å². The highest BCUT2D eigenvalue weighted by atomic mass is 16.8. The lowest BCUT2D eigenvalue weighted by atomic mass is 10.00. The summed E-state index contributed by atoms with van der Waals surface area (Å²) in [5.74, 6) is 0. The van der Waals surface area contributed by atoms with Gasteiger partial charge in [0.2, 0.25) is 0 Å². The Kier molecular flexibility index (Phi) is 10.4. The third kappa shape index (κ3) is 6.74. The van der Waals surface area contributed by atoms with Crippen molar-refractivity contribution in [3.8, 4) is 0 Å². The molecule has 13 heteroatoms. The molecule has 0 aliphatic carbocycles. The van der Waals surface area contributed by atoms with E-state index in [0.29, 0.717) is 0 Å². The van der Waals surface area contributed by atoms with Gasteiger partial charge in [0, 0.05) is 0 Å². The minimum Gasteiger partial charge on any atom is -0.394 e. The Morgan fingerprint density at radius 3 is 1.29 bits per heavy atom. The first kappa shape index (κ1) is 26.7. The Morgan fingerprint density at radius 1 is 0.677 bits per heavy atom. The van der Waals surface area contributed by atoms with Crippen molar-refractivity contribution in [1.29, 1.82) is 0 Å². The number of aliphatic hydroxyl groups excluding tert-OH is 8. The van der Waals surface area contributed by atoms with E-state index in [4.69, 9.17) is 33.9 Å². The first-order valence-corrected chi connectivity index (χ1v) is 10.1. The highest BCUT2D eigenvalue weighted by Gasteiger charge is 2.48. The molecule has 0 bridgehead atoms. The molecule has 2 heterocycles. The summed E-state index contributed by atoms with van der Waals surface area (Å²) in [6, 6.07) is 0. The van der Waals surface area contributed by atoms with Crippen LogP contribution < -0.4 is 0 Å². The van der Waals surface area contributed by atoms with Crippen molar-refractivity contribution in [3.63, 3.8) is 0 Å². The van der Waals surface area contributed by atoms with Crippen molar-refractivity contribution in [2.24, 2.45) is 0 Å². The summed E-state index contributed by atoms with van der Waals surface area (Å²) < 4.78 is 27.7. The second kappa shape index (κ2) is 12.1. The van der Waals surface area contributed by atoms with Gasteiger partial charge >= 0.3 is 0 Å². The van der Waals surface area contributed by atoms with Gasteiger partial charge in [-0.2, -0.15) is 0 Å². The largest absolute Gasteiger partial charge is 0.394 e. The zero-order valence-corrected chi connectivity index (χ0v) is 17.4. The van der Waals surface area contributed by atoms with Gasteiger partial charge in [0.1, 0.15) is 48.8 Å². The zero-order chi connectivity index (χ0) is 23.3. The van der Waals surface area contributed by atoms with Gasteiger partial charge in [-0.1, -0.05) is 0 Å². The van der Waals surface area contributed by atoms with E-state index in [1.807, 2.05) is 0 Å². The summed E-state index contributed by atoms with van der Waals surface area (Å²) in [4.78, 5) is 0. The quantitative estimate of drug-likeness (QED) is 0.139. The molecule has 0 aromatic heterocycles. The van der Waals surface area contributed by atoms with Gasteiger partial charge in [0.05, 0.1) is 38.6 Å². The number of aliphatic hydroxyl groups is 8. The van der Waals surface area contributed by atoms with Crippen LogP contribution in [0.1, 0.15) is 13.8 Å². The average Bonchev–Trinajstić information content (AvgIpc) is 3.39. The lowest BCUT2D eigenvalue weighted by Gasteiger charge is -2.38. The molecule has 2 aliphatic rings. The maximum Gasteiger partial charge on any atom is 0.186 e. The van der Waals surface area contributed by atoms with Crippen LogP contribution >= 0.6 is 0 Å². The Labute approximate surface area is 179 Å². The monoisotopic (exact) mass is 458 g/mol. The molecule has 2 saturated heterocycles. The number of hydrogen-bond acceptors (Lipinski definition) is 13. The fourth-order valence-electron chi connectivity index (χ4n) is 3.27. The molecule has 0 radical (unpaired) electrons. The van der Waals surface area contributed by atoms with Crippen LogP contribution in [0.4, 0.5) is 0 Å². The van der Waals surface area contributed by atoms with Gasteiger partial charge < -0.3 is 64.5 Å². The number of ether oxygens (including phenoxy) is 5. The SMILES string of the molecule is CC1COC([C@H](O[C@@H](C2OCC(C)O2)[C@@H](O)[C@H](O)[C@H](O)CO)[C@@H](O)[C@H](O)[C@H](O)CO)O1. The molecule has 0 spiro atoms. The maximum absolute atomic E-state index is 10.6. The van der Waals surface area contributed by atoms with Crippen molar-refractivity contribution in [2.45, 2.75) is 87.5 Å². The molecule has 13 nitrogen and oxygen atoms in total. The zero-order valence-electron chi connectivity index (χ0n) is 17.4. The van der Waals surface area contributed by atoms with Gasteiger partial charge in [-0.05, 0) is 13.8 Å². The summed E-state index contributed by atoms with van der Waals surface area (Å²) in [5, 5.41) is 79.2. The molecule has 0 aromatic rings. The summed E-state index contributed by atoms with van der Waals surface area (Å²) >= 11 is 0. The van der Waals surface area contributed by atoms with E-state index >= 15 is 0 Å². The average molecular weight is 458 g/mol. The highest BCUT2D eigenvalue weighted by molar-refractivity contribution is 4.91. The third-order valence-corrected chi connectivity index (χ3v) is 5.11. The van der Waals surface area contributed by atoms with Gasteiger partial charge in [-0.15, -0.1) is 0 Å². The second-order valence-corrected chi connectivity index (χ2v) is 7.82. The Morgan fingerprint density at radius 2 is 1.03 bits per heavy atom. The molecule has 184 valence electrons. The first-order valence-electron chi connectivity index (χ1n) is 10.1. The fourth-order valence-corrected chi connectivity index (χ4v) is 3.27. The molecule has 12 atom stereocenters. The van der Waals surface area contributed by atoms with Crippen LogP contribution in [-0.4, -0.2) is 141 Å². The van der Waals surface area contributed by atoms with Crippen molar-refractivity contribution >= 4 is 0 Å². The van der Waals surface area contributed by atoms with Gasteiger partial charge in [0.25, 0.3) is 0 Å². The minimum absolute atomic E-state index is 0.127. The van der Waals surface area contributed by atoms with Crippen LogP contribution in [0.2, 0.25) is 0 Å². The van der Waals surface area contributed by atoms with Crippen molar-refractivity contribution < 1.29 is 64.5 Å². The Balaban J connectivity index is 2.29. The van der Waals surface area contributed by atoms with Gasteiger partial charge in [-0.25, -0.2) is 0 Å². The predicted octanol–water partition coefficient (Wildman–Crippen LogP) is -4.59. The van der Waals surface area contributed by atoms with E-state index in [2.05, 4.69) is 0 Å². The lowest BCUT2D eigenvalue weighted by molar-refractivity contribution is -0.276. The van der Waals surface area contributed by atoms with E-state index in [1.165, 1.54) is 0 Å². The summed E-state index contributed by atoms with van der Waals surface area (Å²) in [5.41, 5.74) is 0. The Hall–Kier alpha value is -0.520. The molecule has 2 fully saturated rings. The smallest absolute Gasteiger partial charge is 0.186 e. The molecular formula is C18H34O13. The van der Waals surface area contributed by atoms with Crippen LogP contribution in [0, 0.1) is 0 Å². The summed E-state index contributed by atoms with van der Waals surface area (Å²) in [6.45, 7) is 1.91. The molecule has 0 amide bonds. The van der Waals surface area contributed by atoms with Crippen molar-refractivity contribution in [2.75, 3.05) is 26.4 Å². The minimum atomic E-state index is -1.88. The topological polar surface area (TPSA) is 208 Å². The molecule has 8 N–H and O–H groups in total. The molecule has 2 rings (SSSR count). The molecule has 2 aliphatic heterocycles. The molecule has 0 saturated carbocycles. The normalized spacial score (nSPS) is 34.6. The maximum atomic E-state index is 10.6. The van der Waals surface area contributed by atoms with E-state index < -0.39 is 86.8 Å². The Bertz CT molecular complexity index is 481. The predicted molar refractivity (Wildman–Crippen MR) is 99.4 cm³/mol. The summed E-state index contributed by atoms with van der Waals surface area (Å²) in [7, 11) is 0. The molecule has 4 unspecified atom stereocenters. The van der Waals surface area contributed by atoms with Crippen molar-refractivity contribution in [1.82, 2.24) is 0 Å². The van der Waals surface area contributed by atoms with Crippen LogP contribution in [0.15, 0.2) is 0 Å². The van der Waals surface area contributed by atoms with Crippen LogP contribution in [0.5, 0.6) is 0 Å². The van der Waals surface area contributed by atoms with Gasteiger partial charge in [-0.3, -0.25) is 0 Å². The van der Waals surface area contributed by atoms with Crippen LogP contribution in [0.3, 0.4) is 0 Å². The first-order chi connectivity index (χ1) is 14.6. The van der Waals surface area contributed by atoms with E-state index in [9.17, 15) is 30.6 Å². The molecular weight excluding hydrogens is 424 g/mol. The van der Waals surface area contributed by atoms with Crippen LogP contribution in [-0.2, 0) is 23.7 Å². The standard InChI is InChI=1S/C18H34O13/c1-7-5-27-17(29-7)15(13(25)11(23)9(21)3-19)31-16(18-28-6-8(2)30-18)14(26)12(24)10(22)4-20/h7-26H,3-6H2,1-2H3/t7?,8?,9-,10-,11-,12-,13+,14+,15-,16-,17?,18?/m1/s1. The molecule has 0 aromatic carbocycles. The van der Waals surface area contributed by atoms with Crippen molar-refractivity contribution in [3.05, 3.63) is 0 Å². The molecule has 31 heavy (non-hydrogen) atoms. The fraction of sp³-hybridized carbons (Fsp3) is 1.00. The van der Waals surface area contributed by atoms with E-state index in [-0.39, 0.29) is 13.2 Å². The van der Waals surface area contributed by atoms with Crippen LogP contribution in [0.25, 0.3) is 0 Å². The summed E-state index contributed by atoms with van der Waals surface area (Å²) in [6.07, 6.45) is -17.3. The highest BCUT2D eigenvalue weighted by Crippen LogP contribution is 2.28. The number of hydrogen-bond donors (Lipinski definition) is 8. The lowest BCUT2D eigenvalue weighted by Crippen LogP contribution is -2.58. The van der Waals surface area contributed by atoms with Gasteiger partial charge in [0.15, 0.2) is 12.6 Å². The van der Waals surface area contributed by atoms with E-state index in [0.717, 1.165) is 0 Å². The second-order valence-electron chi connectivity index (χ2n) is 7.82. The number of rotatable bonds is 12.